The molecule has 1 heterocycles. The lowest BCUT2D eigenvalue weighted by molar-refractivity contribution is -0.122. The standard InChI is InChI=1S/C32H25IN2O7/c1-3-41-27-17-19(16-26(33)28(27)42-18-22-9-6-8-20-7-4-5-10-24(20)22)15-25-29(36)34-32(39)35(30(25)37)23-13-11-21(12-14-23)31(38)40-2/h4-17H,3,18H2,1-2H3,(H,34,36,39)/b25-15+. The molecule has 1 aliphatic rings. The summed E-state index contributed by atoms with van der Waals surface area (Å²) in [7, 11) is 1.25. The van der Waals surface area contributed by atoms with Gasteiger partial charge in [-0.1, -0.05) is 42.5 Å². The predicted molar refractivity (Wildman–Crippen MR) is 165 cm³/mol. The molecule has 0 aliphatic carbocycles. The van der Waals surface area contributed by atoms with Crippen molar-refractivity contribution in [1.82, 2.24) is 5.32 Å². The predicted octanol–water partition coefficient (Wildman–Crippen LogP) is 5.88. The maximum Gasteiger partial charge on any atom is 0.337 e. The number of methoxy groups -OCH3 is 1. The van der Waals surface area contributed by atoms with Gasteiger partial charge < -0.3 is 14.2 Å². The fraction of sp³-hybridized carbons (Fsp3) is 0.125. The number of benzene rings is 4. The van der Waals surface area contributed by atoms with Crippen LogP contribution in [0.1, 0.15) is 28.4 Å². The van der Waals surface area contributed by atoms with Crippen LogP contribution in [0, 0.1) is 3.57 Å². The van der Waals surface area contributed by atoms with Gasteiger partial charge in [-0.25, -0.2) is 14.5 Å². The molecule has 4 amide bonds. The number of esters is 1. The molecule has 0 bridgehead atoms. The Morgan fingerprint density at radius 2 is 1.69 bits per heavy atom. The summed E-state index contributed by atoms with van der Waals surface area (Å²) in [5.41, 5.74) is 1.72. The minimum Gasteiger partial charge on any atom is -0.490 e. The van der Waals surface area contributed by atoms with Crippen LogP contribution in [-0.4, -0.2) is 37.5 Å². The molecule has 1 aliphatic heterocycles. The molecule has 42 heavy (non-hydrogen) atoms. The Morgan fingerprint density at radius 3 is 2.43 bits per heavy atom. The number of halogens is 1. The normalized spacial score (nSPS) is 14.2. The lowest BCUT2D eigenvalue weighted by Crippen LogP contribution is -2.54. The average molecular weight is 676 g/mol. The number of nitrogens with one attached hydrogen (secondary N) is 1. The Balaban J connectivity index is 1.44. The molecule has 212 valence electrons. The van der Waals surface area contributed by atoms with Crippen LogP contribution in [0.15, 0.2) is 84.4 Å². The molecule has 0 radical (unpaired) electrons. The first kappa shape index (κ1) is 28.8. The van der Waals surface area contributed by atoms with E-state index in [9.17, 15) is 19.2 Å². The van der Waals surface area contributed by atoms with Gasteiger partial charge in [0.15, 0.2) is 11.5 Å². The van der Waals surface area contributed by atoms with Crippen LogP contribution in [0.25, 0.3) is 16.8 Å². The van der Waals surface area contributed by atoms with Gasteiger partial charge in [-0.15, -0.1) is 0 Å². The van der Waals surface area contributed by atoms with E-state index in [4.69, 9.17) is 9.47 Å². The number of fused-ring (bicyclic) bond motifs is 1. The maximum absolute atomic E-state index is 13.4. The van der Waals surface area contributed by atoms with Gasteiger partial charge in [0.05, 0.1) is 28.5 Å². The summed E-state index contributed by atoms with van der Waals surface area (Å²) in [4.78, 5) is 51.3. The van der Waals surface area contributed by atoms with Gasteiger partial charge in [-0.05, 0) is 93.9 Å². The summed E-state index contributed by atoms with van der Waals surface area (Å²) in [6.07, 6.45) is 1.40. The van der Waals surface area contributed by atoms with Crippen LogP contribution in [0.3, 0.4) is 0 Å². The zero-order valence-electron chi connectivity index (χ0n) is 22.7. The van der Waals surface area contributed by atoms with Crippen LogP contribution in [0.2, 0.25) is 0 Å². The molecule has 9 nitrogen and oxygen atoms in total. The van der Waals surface area contributed by atoms with Gasteiger partial charge >= 0.3 is 12.0 Å². The Labute approximate surface area is 255 Å². The molecule has 1 saturated heterocycles. The van der Waals surface area contributed by atoms with E-state index in [1.54, 1.807) is 12.1 Å². The molecule has 10 heteroatoms. The minimum absolute atomic E-state index is 0.185. The highest BCUT2D eigenvalue weighted by atomic mass is 127. The lowest BCUT2D eigenvalue weighted by atomic mass is 10.1. The molecule has 0 saturated carbocycles. The summed E-state index contributed by atoms with van der Waals surface area (Å²) in [6.45, 7) is 2.52. The Bertz CT molecular complexity index is 1740. The number of amides is 4. The Kier molecular flexibility index (Phi) is 8.53. The largest absolute Gasteiger partial charge is 0.490 e. The topological polar surface area (TPSA) is 111 Å². The van der Waals surface area contributed by atoms with Crippen molar-refractivity contribution in [3.8, 4) is 11.5 Å². The fourth-order valence-corrected chi connectivity index (χ4v) is 5.35. The molecule has 0 atom stereocenters. The summed E-state index contributed by atoms with van der Waals surface area (Å²) < 4.78 is 17.5. The summed E-state index contributed by atoms with van der Waals surface area (Å²) >= 11 is 2.12. The number of barbiturate groups is 1. The minimum atomic E-state index is -0.894. The molecule has 5 rings (SSSR count). The van der Waals surface area contributed by atoms with E-state index in [2.05, 4.69) is 32.6 Å². The number of anilines is 1. The van der Waals surface area contributed by atoms with Crippen molar-refractivity contribution >= 4 is 68.9 Å². The van der Waals surface area contributed by atoms with Crippen LogP contribution in [0.4, 0.5) is 10.5 Å². The maximum atomic E-state index is 13.4. The van der Waals surface area contributed by atoms with Crippen LogP contribution in [-0.2, 0) is 20.9 Å². The first-order chi connectivity index (χ1) is 20.3. The third-order valence-electron chi connectivity index (χ3n) is 6.54. The summed E-state index contributed by atoms with van der Waals surface area (Å²) in [5.74, 6) is -1.20. The molecular formula is C32H25IN2O7. The van der Waals surface area contributed by atoms with Crippen molar-refractivity contribution in [2.75, 3.05) is 18.6 Å². The molecule has 0 spiro atoms. The second kappa shape index (κ2) is 12.4. The zero-order valence-corrected chi connectivity index (χ0v) is 24.8. The van der Waals surface area contributed by atoms with Crippen molar-refractivity contribution in [2.24, 2.45) is 0 Å². The Morgan fingerprint density at radius 1 is 0.952 bits per heavy atom. The molecular weight excluding hydrogens is 651 g/mol. The number of carbonyl (C=O) groups is 4. The average Bonchev–Trinajstić information content (AvgIpc) is 2.99. The lowest BCUT2D eigenvalue weighted by Gasteiger charge is -2.26. The molecule has 1 N–H and O–H groups in total. The van der Waals surface area contributed by atoms with Gasteiger partial charge in [-0.2, -0.15) is 0 Å². The first-order valence-corrected chi connectivity index (χ1v) is 14.0. The summed E-state index contributed by atoms with van der Waals surface area (Å²) in [5, 5.41) is 4.41. The van der Waals surface area contributed by atoms with E-state index in [1.165, 1.54) is 37.5 Å². The number of carbonyl (C=O) groups excluding carboxylic acids is 4. The van der Waals surface area contributed by atoms with Gasteiger partial charge in [-0.3, -0.25) is 14.9 Å². The highest BCUT2D eigenvalue weighted by Gasteiger charge is 2.37. The van der Waals surface area contributed by atoms with Gasteiger partial charge in [0.25, 0.3) is 11.8 Å². The highest BCUT2D eigenvalue weighted by molar-refractivity contribution is 14.1. The van der Waals surface area contributed by atoms with E-state index >= 15 is 0 Å². The summed E-state index contributed by atoms with van der Waals surface area (Å²) in [6, 6.07) is 22.4. The molecule has 4 aromatic rings. The van der Waals surface area contributed by atoms with Crippen molar-refractivity contribution in [3.63, 3.8) is 0 Å². The van der Waals surface area contributed by atoms with Crippen molar-refractivity contribution in [1.29, 1.82) is 0 Å². The van der Waals surface area contributed by atoms with Gasteiger partial charge in [0, 0.05) is 0 Å². The fourth-order valence-electron chi connectivity index (χ4n) is 4.57. The van der Waals surface area contributed by atoms with E-state index in [-0.39, 0.29) is 16.8 Å². The molecule has 0 unspecified atom stereocenters. The quantitative estimate of drug-likeness (QED) is 0.108. The zero-order chi connectivity index (χ0) is 29.8. The molecule has 4 aromatic carbocycles. The number of rotatable bonds is 8. The van der Waals surface area contributed by atoms with E-state index in [0.29, 0.717) is 33.8 Å². The number of urea groups is 1. The third-order valence-corrected chi connectivity index (χ3v) is 7.34. The smallest absolute Gasteiger partial charge is 0.337 e. The second-order valence-electron chi connectivity index (χ2n) is 9.19. The SMILES string of the molecule is CCOc1cc(/C=C2\C(=O)NC(=O)N(c3ccc(C(=O)OC)cc3)C2=O)cc(I)c1OCc1cccc2ccccc12. The number of ether oxygens (including phenoxy) is 3. The monoisotopic (exact) mass is 676 g/mol. The van der Waals surface area contributed by atoms with Crippen LogP contribution < -0.4 is 19.7 Å². The molecule has 1 fully saturated rings. The van der Waals surface area contributed by atoms with Crippen molar-refractivity contribution in [2.45, 2.75) is 13.5 Å². The number of nitrogens with zero attached hydrogens (tertiary/aromatic N) is 1. The third kappa shape index (κ3) is 5.84. The van der Waals surface area contributed by atoms with Gasteiger partial charge in [0.1, 0.15) is 12.2 Å². The highest BCUT2D eigenvalue weighted by Crippen LogP contribution is 2.36. The number of hydrogen-bond acceptors (Lipinski definition) is 7. The first-order valence-electron chi connectivity index (χ1n) is 13.0. The Hall–Kier alpha value is -4.71. The second-order valence-corrected chi connectivity index (χ2v) is 10.3. The van der Waals surface area contributed by atoms with Gasteiger partial charge in [0.2, 0.25) is 0 Å². The van der Waals surface area contributed by atoms with Crippen molar-refractivity contribution < 1.29 is 33.4 Å². The van der Waals surface area contributed by atoms with Crippen LogP contribution >= 0.6 is 22.6 Å². The number of imide groups is 2. The molecule has 0 aromatic heterocycles. The number of hydrogen-bond donors (Lipinski definition) is 1. The van der Waals surface area contributed by atoms with E-state index < -0.39 is 23.8 Å². The van der Waals surface area contributed by atoms with Crippen LogP contribution in [0.5, 0.6) is 11.5 Å². The van der Waals surface area contributed by atoms with E-state index in [0.717, 1.165) is 21.2 Å². The van der Waals surface area contributed by atoms with E-state index in [1.807, 2.05) is 49.4 Å². The van der Waals surface area contributed by atoms with Crippen molar-refractivity contribution in [3.05, 3.63) is 105 Å².